The summed E-state index contributed by atoms with van der Waals surface area (Å²) in [6.07, 6.45) is 6.48. The zero-order chi connectivity index (χ0) is 11.4. The van der Waals surface area contributed by atoms with Crippen LogP contribution >= 0.6 is 11.5 Å². The summed E-state index contributed by atoms with van der Waals surface area (Å²) in [5, 5.41) is 4.32. The lowest BCUT2D eigenvalue weighted by Crippen LogP contribution is -2.39. The van der Waals surface area contributed by atoms with E-state index in [4.69, 9.17) is 5.73 Å². The second-order valence-corrected chi connectivity index (χ2v) is 5.52. The van der Waals surface area contributed by atoms with E-state index in [0.29, 0.717) is 0 Å². The zero-order valence-corrected chi connectivity index (χ0v) is 10.6. The normalized spacial score (nSPS) is 19.6. The van der Waals surface area contributed by atoms with Crippen LogP contribution in [0.1, 0.15) is 37.9 Å². The van der Waals surface area contributed by atoms with Gasteiger partial charge in [-0.05, 0) is 31.7 Å². The van der Waals surface area contributed by atoms with Crippen LogP contribution in [0.25, 0.3) is 0 Å². The minimum atomic E-state index is 0.290. The van der Waals surface area contributed by atoms with E-state index in [1.807, 2.05) is 6.92 Å². The topological polar surface area (TPSA) is 63.8 Å². The van der Waals surface area contributed by atoms with Crippen molar-refractivity contribution in [3.8, 4) is 0 Å². The highest BCUT2D eigenvalue weighted by Gasteiger charge is 2.30. The highest BCUT2D eigenvalue weighted by atomic mass is 32.1. The molecule has 1 aliphatic carbocycles. The number of nitrogens with two attached hydrogens (primary N) is 1. The Labute approximate surface area is 101 Å². The Morgan fingerprint density at radius 2 is 2.12 bits per heavy atom. The molecule has 0 atom stereocenters. The number of hydrogen-bond donors (Lipinski definition) is 2. The van der Waals surface area contributed by atoms with Gasteiger partial charge in [-0.15, -0.1) is 0 Å². The third-order valence-electron chi connectivity index (χ3n) is 3.49. The first-order valence-electron chi connectivity index (χ1n) is 5.98. The molecule has 1 heterocycles. The van der Waals surface area contributed by atoms with Gasteiger partial charge in [-0.25, -0.2) is 4.98 Å². The monoisotopic (exact) mass is 240 g/mol. The van der Waals surface area contributed by atoms with Gasteiger partial charge < -0.3 is 11.1 Å². The third-order valence-corrected chi connectivity index (χ3v) is 4.25. The molecule has 0 aliphatic heterocycles. The molecule has 90 valence electrons. The van der Waals surface area contributed by atoms with Crippen LogP contribution in [0.3, 0.4) is 0 Å². The number of anilines is 1. The van der Waals surface area contributed by atoms with E-state index in [1.54, 1.807) is 0 Å². The van der Waals surface area contributed by atoms with Gasteiger partial charge in [-0.2, -0.15) is 4.37 Å². The Morgan fingerprint density at radius 3 is 2.69 bits per heavy atom. The molecule has 1 saturated carbocycles. The van der Waals surface area contributed by atoms with E-state index in [9.17, 15) is 0 Å². The SMILES string of the molecule is Cc1nsc(NCC2(CN)CCCCC2)n1. The van der Waals surface area contributed by atoms with Crippen molar-refractivity contribution in [2.75, 3.05) is 18.4 Å². The molecule has 0 spiro atoms. The Hall–Kier alpha value is -0.680. The van der Waals surface area contributed by atoms with Crippen LogP contribution in [0.2, 0.25) is 0 Å². The molecular weight excluding hydrogens is 220 g/mol. The fraction of sp³-hybridized carbons (Fsp3) is 0.818. The number of hydrogen-bond acceptors (Lipinski definition) is 5. The largest absolute Gasteiger partial charge is 0.360 e. The van der Waals surface area contributed by atoms with Crippen molar-refractivity contribution >= 4 is 16.7 Å². The van der Waals surface area contributed by atoms with E-state index in [1.165, 1.54) is 43.6 Å². The summed E-state index contributed by atoms with van der Waals surface area (Å²) >= 11 is 1.43. The van der Waals surface area contributed by atoms with Crippen LogP contribution in [-0.2, 0) is 0 Å². The van der Waals surface area contributed by atoms with E-state index in [-0.39, 0.29) is 5.41 Å². The molecule has 0 bridgehead atoms. The molecule has 0 amide bonds. The van der Waals surface area contributed by atoms with E-state index >= 15 is 0 Å². The molecule has 0 aromatic carbocycles. The summed E-state index contributed by atoms with van der Waals surface area (Å²) in [4.78, 5) is 4.32. The van der Waals surface area contributed by atoms with Crippen molar-refractivity contribution in [2.45, 2.75) is 39.0 Å². The molecule has 3 N–H and O–H groups in total. The molecule has 1 aromatic heterocycles. The van der Waals surface area contributed by atoms with Crippen LogP contribution < -0.4 is 11.1 Å². The Bertz CT molecular complexity index is 330. The maximum atomic E-state index is 5.93. The molecular formula is C11H20N4S. The molecule has 5 heteroatoms. The molecule has 0 saturated heterocycles. The number of aryl methyl sites for hydroxylation is 1. The number of nitrogens with one attached hydrogen (secondary N) is 1. The lowest BCUT2D eigenvalue weighted by atomic mass is 9.74. The summed E-state index contributed by atoms with van der Waals surface area (Å²) in [6, 6.07) is 0. The van der Waals surface area contributed by atoms with Gasteiger partial charge in [0.05, 0.1) is 0 Å². The van der Waals surface area contributed by atoms with Crippen molar-refractivity contribution in [3.05, 3.63) is 5.82 Å². The lowest BCUT2D eigenvalue weighted by Gasteiger charge is -2.36. The third kappa shape index (κ3) is 2.71. The van der Waals surface area contributed by atoms with Gasteiger partial charge in [0.1, 0.15) is 5.82 Å². The van der Waals surface area contributed by atoms with Crippen molar-refractivity contribution in [2.24, 2.45) is 11.1 Å². The smallest absolute Gasteiger partial charge is 0.202 e. The minimum Gasteiger partial charge on any atom is -0.360 e. The first-order valence-corrected chi connectivity index (χ1v) is 6.76. The number of rotatable bonds is 4. The summed E-state index contributed by atoms with van der Waals surface area (Å²) < 4.78 is 4.17. The van der Waals surface area contributed by atoms with Gasteiger partial charge in [0.15, 0.2) is 0 Å². The van der Waals surface area contributed by atoms with Gasteiger partial charge in [-0.3, -0.25) is 0 Å². The average Bonchev–Trinajstić information content (AvgIpc) is 2.74. The van der Waals surface area contributed by atoms with E-state index in [2.05, 4.69) is 14.7 Å². The van der Waals surface area contributed by atoms with Crippen LogP contribution in [-0.4, -0.2) is 22.4 Å². The van der Waals surface area contributed by atoms with E-state index in [0.717, 1.165) is 24.0 Å². The predicted octanol–water partition coefficient (Wildman–Crippen LogP) is 2.17. The maximum absolute atomic E-state index is 5.93. The van der Waals surface area contributed by atoms with Crippen molar-refractivity contribution in [1.82, 2.24) is 9.36 Å². The molecule has 2 rings (SSSR count). The summed E-state index contributed by atoms with van der Waals surface area (Å²) in [5.41, 5.74) is 6.22. The summed E-state index contributed by atoms with van der Waals surface area (Å²) in [5.74, 6) is 0.845. The summed E-state index contributed by atoms with van der Waals surface area (Å²) in [6.45, 7) is 3.64. The first-order chi connectivity index (χ1) is 7.74. The standard InChI is InChI=1S/C11H20N4S/c1-9-14-10(16-15-9)13-8-11(7-12)5-3-2-4-6-11/h2-8,12H2,1H3,(H,13,14,15). The van der Waals surface area contributed by atoms with Gasteiger partial charge >= 0.3 is 0 Å². The fourth-order valence-electron chi connectivity index (χ4n) is 2.39. The molecule has 1 aromatic rings. The molecule has 0 radical (unpaired) electrons. The molecule has 1 fully saturated rings. The van der Waals surface area contributed by atoms with Crippen molar-refractivity contribution in [3.63, 3.8) is 0 Å². The van der Waals surface area contributed by atoms with Gasteiger partial charge in [-0.1, -0.05) is 19.3 Å². The molecule has 0 unspecified atom stereocenters. The Kier molecular flexibility index (Phi) is 3.76. The first kappa shape index (κ1) is 11.8. The van der Waals surface area contributed by atoms with Crippen LogP contribution in [0.4, 0.5) is 5.13 Å². The van der Waals surface area contributed by atoms with Gasteiger partial charge in [0.25, 0.3) is 0 Å². The number of nitrogens with zero attached hydrogens (tertiary/aromatic N) is 2. The average molecular weight is 240 g/mol. The zero-order valence-electron chi connectivity index (χ0n) is 9.83. The fourth-order valence-corrected chi connectivity index (χ4v) is 2.96. The van der Waals surface area contributed by atoms with Crippen LogP contribution in [0.5, 0.6) is 0 Å². The highest BCUT2D eigenvalue weighted by Crippen LogP contribution is 2.35. The van der Waals surface area contributed by atoms with Crippen molar-refractivity contribution < 1.29 is 0 Å². The predicted molar refractivity (Wildman–Crippen MR) is 67.7 cm³/mol. The Balaban J connectivity index is 1.91. The molecule has 16 heavy (non-hydrogen) atoms. The molecule has 1 aliphatic rings. The van der Waals surface area contributed by atoms with Gasteiger partial charge in [0.2, 0.25) is 5.13 Å². The number of aromatic nitrogens is 2. The second kappa shape index (κ2) is 5.10. The van der Waals surface area contributed by atoms with Gasteiger partial charge in [0, 0.05) is 18.1 Å². The molecule has 4 nitrogen and oxygen atoms in total. The Morgan fingerprint density at radius 1 is 1.38 bits per heavy atom. The van der Waals surface area contributed by atoms with Crippen LogP contribution in [0, 0.1) is 12.3 Å². The summed E-state index contributed by atoms with van der Waals surface area (Å²) in [7, 11) is 0. The highest BCUT2D eigenvalue weighted by molar-refractivity contribution is 7.09. The van der Waals surface area contributed by atoms with Crippen LogP contribution in [0.15, 0.2) is 0 Å². The minimum absolute atomic E-state index is 0.290. The quantitative estimate of drug-likeness (QED) is 0.846. The maximum Gasteiger partial charge on any atom is 0.202 e. The van der Waals surface area contributed by atoms with Crippen molar-refractivity contribution in [1.29, 1.82) is 0 Å². The lowest BCUT2D eigenvalue weighted by molar-refractivity contribution is 0.215. The second-order valence-electron chi connectivity index (χ2n) is 4.77. The van der Waals surface area contributed by atoms with E-state index < -0.39 is 0 Å².